The Labute approximate surface area is 265 Å². The van der Waals surface area contributed by atoms with Gasteiger partial charge in [-0.05, 0) is 54.2 Å². The summed E-state index contributed by atoms with van der Waals surface area (Å²) in [6.07, 6.45) is 0. The fourth-order valence-corrected chi connectivity index (χ4v) is 4.38. The fraction of sp³-hybridized carbons (Fsp3) is 0.0769. The fourth-order valence-electron chi connectivity index (χ4n) is 4.38. The predicted octanol–water partition coefficient (Wildman–Crippen LogP) is 7.83. The van der Waals surface area contributed by atoms with Gasteiger partial charge in [0.05, 0.1) is 0 Å². The van der Waals surface area contributed by atoms with Crippen LogP contribution in [0.15, 0.2) is 146 Å². The Hall–Kier alpha value is -4.75. The van der Waals surface area contributed by atoms with Crippen LogP contribution >= 0.6 is 0 Å². The maximum Gasteiger partial charge on any atom is 3.00 e. The molecule has 0 N–H and O–H groups in total. The minimum absolute atomic E-state index is 0. The zero-order valence-electron chi connectivity index (χ0n) is 24.7. The van der Waals surface area contributed by atoms with E-state index in [-0.39, 0.29) is 34.6 Å². The maximum atomic E-state index is 11.2. The van der Waals surface area contributed by atoms with Crippen LogP contribution in [-0.2, 0) is 0 Å². The molecule has 0 unspecified atom stereocenters. The molecule has 0 spiro atoms. The van der Waals surface area contributed by atoms with Crippen molar-refractivity contribution in [2.45, 2.75) is 20.8 Å². The molecular weight excluding hydrogens is 543 g/mol. The van der Waals surface area contributed by atoms with Crippen molar-refractivity contribution in [2.75, 3.05) is 0 Å². The van der Waals surface area contributed by atoms with E-state index in [1.54, 1.807) is 18.2 Å². The molecule has 0 radical (unpaired) electrons. The van der Waals surface area contributed by atoms with Gasteiger partial charge in [-0.3, -0.25) is 0 Å². The molecule has 0 aliphatic carbocycles. The first kappa shape index (κ1) is 32.8. The van der Waals surface area contributed by atoms with E-state index in [1.807, 2.05) is 148 Å². The summed E-state index contributed by atoms with van der Waals surface area (Å²) in [5, 5.41) is 33.6. The zero-order chi connectivity index (χ0) is 29.9. The van der Waals surface area contributed by atoms with Crippen molar-refractivity contribution in [3.8, 4) is 50.6 Å². The number of benzene rings is 6. The normalized spacial score (nSPS) is 9.84. The summed E-state index contributed by atoms with van der Waals surface area (Å²) < 4.78 is 0. The zero-order valence-corrected chi connectivity index (χ0v) is 25.8. The summed E-state index contributed by atoms with van der Waals surface area (Å²) in [7, 11) is 0. The van der Waals surface area contributed by atoms with Gasteiger partial charge in [0.15, 0.2) is 0 Å². The SMILES string of the molecule is Cc1cc(-c2ccccc2)ccc1[O-].Cc1cc(-c2ccccc2)ccc1[O-].Cc1cc(-c2ccccc2)ccc1[O-].[Al+3]. The van der Waals surface area contributed by atoms with Gasteiger partial charge in [-0.2, -0.15) is 0 Å². The minimum atomic E-state index is 0. The van der Waals surface area contributed by atoms with Gasteiger partial charge in [-0.1, -0.05) is 162 Å². The van der Waals surface area contributed by atoms with Gasteiger partial charge >= 0.3 is 17.4 Å². The molecule has 43 heavy (non-hydrogen) atoms. The van der Waals surface area contributed by atoms with Crippen LogP contribution in [0.1, 0.15) is 16.7 Å². The molecule has 0 aromatic heterocycles. The topological polar surface area (TPSA) is 69.2 Å². The summed E-state index contributed by atoms with van der Waals surface area (Å²) in [5.41, 5.74) is 9.14. The van der Waals surface area contributed by atoms with E-state index >= 15 is 0 Å². The first-order chi connectivity index (χ1) is 20.3. The van der Waals surface area contributed by atoms with Crippen LogP contribution in [0, 0.1) is 20.8 Å². The van der Waals surface area contributed by atoms with Crippen molar-refractivity contribution < 1.29 is 15.3 Å². The molecule has 6 aromatic carbocycles. The van der Waals surface area contributed by atoms with E-state index < -0.39 is 0 Å². The van der Waals surface area contributed by atoms with Gasteiger partial charge in [-0.25, -0.2) is 0 Å². The third-order valence-corrected chi connectivity index (χ3v) is 6.85. The van der Waals surface area contributed by atoms with Crippen LogP contribution in [0.2, 0.25) is 0 Å². The Bertz CT molecular complexity index is 1510. The van der Waals surface area contributed by atoms with Crippen molar-refractivity contribution in [1.82, 2.24) is 0 Å². The van der Waals surface area contributed by atoms with Gasteiger partial charge in [0, 0.05) is 0 Å². The van der Waals surface area contributed by atoms with Gasteiger partial charge in [0.2, 0.25) is 0 Å². The second kappa shape index (κ2) is 16.0. The van der Waals surface area contributed by atoms with Gasteiger partial charge in [0.25, 0.3) is 0 Å². The van der Waals surface area contributed by atoms with Crippen molar-refractivity contribution in [1.29, 1.82) is 0 Å². The van der Waals surface area contributed by atoms with Crippen LogP contribution in [0.5, 0.6) is 17.2 Å². The second-order valence-electron chi connectivity index (χ2n) is 10.0. The molecule has 0 saturated carbocycles. The Balaban J connectivity index is 0.000000175. The van der Waals surface area contributed by atoms with Gasteiger partial charge in [0.1, 0.15) is 0 Å². The molecule has 0 saturated heterocycles. The molecule has 0 fully saturated rings. The maximum absolute atomic E-state index is 11.2. The first-order valence-electron chi connectivity index (χ1n) is 13.8. The summed E-state index contributed by atoms with van der Waals surface area (Å²) in [6.45, 7) is 5.53. The van der Waals surface area contributed by atoms with E-state index in [0.717, 1.165) is 50.1 Å². The Morgan fingerprint density at radius 2 is 0.535 bits per heavy atom. The molecule has 4 heteroatoms. The summed E-state index contributed by atoms with van der Waals surface area (Å²) in [5.74, 6) is 0.305. The summed E-state index contributed by atoms with van der Waals surface area (Å²) in [4.78, 5) is 0. The van der Waals surface area contributed by atoms with Gasteiger partial charge in [-0.15, -0.1) is 17.2 Å². The molecular formula is C39H33AlO3. The van der Waals surface area contributed by atoms with E-state index in [0.29, 0.717) is 0 Å². The number of hydrogen-bond acceptors (Lipinski definition) is 3. The monoisotopic (exact) mass is 576 g/mol. The third-order valence-electron chi connectivity index (χ3n) is 6.85. The van der Waals surface area contributed by atoms with Crippen LogP contribution in [0.25, 0.3) is 33.4 Å². The first-order valence-corrected chi connectivity index (χ1v) is 13.8. The van der Waals surface area contributed by atoms with Crippen molar-refractivity contribution in [2.24, 2.45) is 0 Å². The van der Waals surface area contributed by atoms with Crippen molar-refractivity contribution in [3.63, 3.8) is 0 Å². The molecule has 0 aliphatic rings. The molecule has 0 heterocycles. The minimum Gasteiger partial charge on any atom is -0.872 e. The second-order valence-corrected chi connectivity index (χ2v) is 10.0. The Morgan fingerprint density at radius 1 is 0.302 bits per heavy atom. The van der Waals surface area contributed by atoms with E-state index in [1.165, 1.54) is 0 Å². The van der Waals surface area contributed by atoms with Crippen molar-refractivity contribution >= 4 is 17.4 Å². The van der Waals surface area contributed by atoms with Crippen LogP contribution in [-0.4, -0.2) is 17.4 Å². The molecule has 3 nitrogen and oxygen atoms in total. The van der Waals surface area contributed by atoms with E-state index in [4.69, 9.17) is 0 Å². The number of rotatable bonds is 3. The molecule has 6 rings (SSSR count). The molecule has 210 valence electrons. The third kappa shape index (κ3) is 9.38. The predicted molar refractivity (Wildman–Crippen MR) is 174 cm³/mol. The molecule has 0 amide bonds. The standard InChI is InChI=1S/3C13H12O.Al/c3*1-10-9-12(7-8-13(10)14)11-5-3-2-4-6-11;/h3*2-9,14H,1H3;/q;;;+3/p-3. The van der Waals surface area contributed by atoms with Gasteiger partial charge < -0.3 is 15.3 Å². The Kier molecular flexibility index (Phi) is 12.2. The average Bonchev–Trinajstić information content (AvgIpc) is 3.03. The van der Waals surface area contributed by atoms with Crippen molar-refractivity contribution in [3.05, 3.63) is 162 Å². The quantitative estimate of drug-likeness (QED) is 0.202. The Morgan fingerprint density at radius 3 is 0.744 bits per heavy atom. The molecule has 0 aliphatic heterocycles. The molecule has 0 bridgehead atoms. The van der Waals surface area contributed by atoms with E-state index in [2.05, 4.69) is 0 Å². The average molecular weight is 577 g/mol. The smallest absolute Gasteiger partial charge is 0.872 e. The van der Waals surface area contributed by atoms with Crippen LogP contribution in [0.4, 0.5) is 0 Å². The summed E-state index contributed by atoms with van der Waals surface area (Å²) in [6, 6.07) is 46.4. The summed E-state index contributed by atoms with van der Waals surface area (Å²) >= 11 is 0. The van der Waals surface area contributed by atoms with E-state index in [9.17, 15) is 15.3 Å². The van der Waals surface area contributed by atoms with Crippen LogP contribution < -0.4 is 15.3 Å². The number of hydrogen-bond donors (Lipinski definition) is 0. The van der Waals surface area contributed by atoms with Crippen LogP contribution in [0.3, 0.4) is 0 Å². The number of aryl methyl sites for hydroxylation is 3. The molecule has 6 aromatic rings. The largest absolute Gasteiger partial charge is 3.00 e. The molecule has 0 atom stereocenters.